The highest BCUT2D eigenvalue weighted by Crippen LogP contribution is 2.23. The number of amides is 1. The van der Waals surface area contributed by atoms with Gasteiger partial charge in [-0.2, -0.15) is 0 Å². The minimum absolute atomic E-state index is 0.0219. The largest absolute Gasteiger partial charge is 0.381 e. The van der Waals surface area contributed by atoms with E-state index in [2.05, 4.69) is 15.6 Å². The summed E-state index contributed by atoms with van der Waals surface area (Å²) in [6.07, 6.45) is 3.32. The standard InChI is InChI=1S/C10H15N3O2/c14-9-8(6-3-4-15-5-6)12-10(13-9)11-7-1-2-7/h6-8H,1-5H2,(H2,11,12,13,14). The van der Waals surface area contributed by atoms with Gasteiger partial charge in [0.05, 0.1) is 6.61 Å². The first kappa shape index (κ1) is 9.15. The number of aliphatic imine (C=N–C) groups is 1. The van der Waals surface area contributed by atoms with Crippen LogP contribution in [0.5, 0.6) is 0 Å². The van der Waals surface area contributed by atoms with E-state index >= 15 is 0 Å². The number of hydrogen-bond acceptors (Lipinski definition) is 4. The second kappa shape index (κ2) is 3.48. The van der Waals surface area contributed by atoms with Gasteiger partial charge in [-0.3, -0.25) is 10.1 Å². The molecule has 2 atom stereocenters. The maximum absolute atomic E-state index is 11.7. The Balaban J connectivity index is 1.66. The zero-order valence-electron chi connectivity index (χ0n) is 8.53. The predicted octanol–water partition coefficient (Wildman–Crippen LogP) is -0.371. The molecule has 3 rings (SSSR count). The van der Waals surface area contributed by atoms with Gasteiger partial charge in [-0.25, -0.2) is 4.99 Å². The van der Waals surface area contributed by atoms with Gasteiger partial charge in [-0.15, -0.1) is 0 Å². The van der Waals surface area contributed by atoms with Crippen LogP contribution in [0.3, 0.4) is 0 Å². The van der Waals surface area contributed by atoms with E-state index in [-0.39, 0.29) is 17.9 Å². The molecule has 1 amide bonds. The summed E-state index contributed by atoms with van der Waals surface area (Å²) in [4.78, 5) is 16.0. The highest BCUT2D eigenvalue weighted by atomic mass is 16.5. The number of carbonyl (C=O) groups excluding carboxylic acids is 1. The number of hydrogen-bond donors (Lipinski definition) is 2. The van der Waals surface area contributed by atoms with Crippen LogP contribution < -0.4 is 10.6 Å². The molecule has 2 aliphatic heterocycles. The minimum atomic E-state index is -0.228. The van der Waals surface area contributed by atoms with E-state index in [0.717, 1.165) is 13.0 Å². The van der Waals surface area contributed by atoms with Crippen LogP contribution >= 0.6 is 0 Å². The quantitative estimate of drug-likeness (QED) is 0.652. The summed E-state index contributed by atoms with van der Waals surface area (Å²) in [6, 6.07) is 0.302. The van der Waals surface area contributed by atoms with Crippen molar-refractivity contribution in [3.63, 3.8) is 0 Å². The first-order valence-electron chi connectivity index (χ1n) is 5.56. The van der Waals surface area contributed by atoms with Crippen molar-refractivity contribution in [2.45, 2.75) is 31.3 Å². The molecule has 3 aliphatic rings. The lowest BCUT2D eigenvalue weighted by molar-refractivity contribution is -0.121. The third kappa shape index (κ3) is 1.84. The molecule has 0 aromatic carbocycles. The summed E-state index contributed by atoms with van der Waals surface area (Å²) in [6.45, 7) is 1.42. The molecule has 0 aromatic heterocycles. The van der Waals surface area contributed by atoms with Crippen molar-refractivity contribution in [1.29, 1.82) is 0 Å². The molecule has 0 radical (unpaired) electrons. The normalized spacial score (nSPS) is 35.2. The van der Waals surface area contributed by atoms with Gasteiger partial charge in [0.25, 0.3) is 5.91 Å². The molecule has 5 nitrogen and oxygen atoms in total. The van der Waals surface area contributed by atoms with Crippen LogP contribution in [-0.2, 0) is 9.53 Å². The lowest BCUT2D eigenvalue weighted by Gasteiger charge is -2.09. The van der Waals surface area contributed by atoms with E-state index in [1.54, 1.807) is 0 Å². The summed E-state index contributed by atoms with van der Waals surface area (Å²) in [5.74, 6) is 0.955. The van der Waals surface area contributed by atoms with Crippen LogP contribution in [0.2, 0.25) is 0 Å². The van der Waals surface area contributed by atoms with Crippen molar-refractivity contribution in [3.05, 3.63) is 0 Å². The van der Waals surface area contributed by atoms with Crippen LogP contribution in [-0.4, -0.2) is 37.2 Å². The van der Waals surface area contributed by atoms with Gasteiger partial charge < -0.3 is 10.1 Å². The SMILES string of the molecule is O=C1NC(NC2CC2)=NC1C1CCOC1. The van der Waals surface area contributed by atoms with E-state index in [4.69, 9.17) is 4.74 Å². The molecular formula is C10H15N3O2. The fourth-order valence-corrected chi connectivity index (χ4v) is 2.04. The van der Waals surface area contributed by atoms with Crippen LogP contribution in [0.15, 0.2) is 4.99 Å². The minimum Gasteiger partial charge on any atom is -0.381 e. The monoisotopic (exact) mass is 209 g/mol. The molecule has 82 valence electrons. The predicted molar refractivity (Wildman–Crippen MR) is 54.4 cm³/mol. The molecule has 0 spiro atoms. The van der Waals surface area contributed by atoms with Crippen LogP contribution in [0, 0.1) is 5.92 Å². The van der Waals surface area contributed by atoms with E-state index in [1.165, 1.54) is 12.8 Å². The van der Waals surface area contributed by atoms with Gasteiger partial charge in [-0.05, 0) is 19.3 Å². The molecule has 15 heavy (non-hydrogen) atoms. The van der Waals surface area contributed by atoms with Gasteiger partial charge in [0.15, 0.2) is 5.96 Å². The molecule has 2 N–H and O–H groups in total. The molecule has 2 fully saturated rings. The molecule has 1 saturated carbocycles. The molecule has 0 aromatic rings. The lowest BCUT2D eigenvalue weighted by atomic mass is 10.00. The maximum atomic E-state index is 11.7. The molecule has 1 aliphatic carbocycles. The van der Waals surface area contributed by atoms with E-state index in [1.807, 2.05) is 0 Å². The Morgan fingerprint density at radius 1 is 1.40 bits per heavy atom. The zero-order valence-corrected chi connectivity index (χ0v) is 8.53. The number of nitrogens with zero attached hydrogens (tertiary/aromatic N) is 1. The Morgan fingerprint density at radius 2 is 2.27 bits per heavy atom. The Bertz CT molecular complexity index is 306. The maximum Gasteiger partial charge on any atom is 0.251 e. The summed E-state index contributed by atoms with van der Waals surface area (Å²) >= 11 is 0. The van der Waals surface area contributed by atoms with Gasteiger partial charge in [0, 0.05) is 18.6 Å². The van der Waals surface area contributed by atoms with Crippen molar-refractivity contribution < 1.29 is 9.53 Å². The third-order valence-electron chi connectivity index (χ3n) is 3.11. The van der Waals surface area contributed by atoms with E-state index in [0.29, 0.717) is 18.6 Å². The average Bonchev–Trinajstić information content (AvgIpc) is 2.76. The topological polar surface area (TPSA) is 62.7 Å². The van der Waals surface area contributed by atoms with Crippen molar-refractivity contribution in [3.8, 4) is 0 Å². The number of rotatable bonds is 2. The summed E-state index contributed by atoms with van der Waals surface area (Å²) in [7, 11) is 0. The smallest absolute Gasteiger partial charge is 0.251 e. The average molecular weight is 209 g/mol. The van der Waals surface area contributed by atoms with Gasteiger partial charge in [-0.1, -0.05) is 0 Å². The first-order valence-corrected chi connectivity index (χ1v) is 5.56. The fraction of sp³-hybridized carbons (Fsp3) is 0.800. The molecule has 0 bridgehead atoms. The first-order chi connectivity index (χ1) is 7.33. The Labute approximate surface area is 88.3 Å². The molecule has 2 unspecified atom stereocenters. The van der Waals surface area contributed by atoms with E-state index < -0.39 is 0 Å². The molecule has 2 heterocycles. The Kier molecular flexibility index (Phi) is 2.12. The number of ether oxygens (including phenoxy) is 1. The van der Waals surface area contributed by atoms with Crippen molar-refractivity contribution in [2.24, 2.45) is 10.9 Å². The van der Waals surface area contributed by atoms with Crippen molar-refractivity contribution >= 4 is 11.9 Å². The summed E-state index contributed by atoms with van der Waals surface area (Å²) in [5.41, 5.74) is 0. The highest BCUT2D eigenvalue weighted by Gasteiger charge is 2.37. The molecule has 5 heteroatoms. The van der Waals surface area contributed by atoms with Gasteiger partial charge in [0.1, 0.15) is 6.04 Å². The summed E-state index contributed by atoms with van der Waals surface area (Å²) < 4.78 is 5.28. The van der Waals surface area contributed by atoms with Crippen molar-refractivity contribution in [1.82, 2.24) is 10.6 Å². The van der Waals surface area contributed by atoms with Gasteiger partial charge in [0.2, 0.25) is 0 Å². The van der Waals surface area contributed by atoms with Crippen LogP contribution in [0.4, 0.5) is 0 Å². The van der Waals surface area contributed by atoms with Gasteiger partial charge >= 0.3 is 0 Å². The van der Waals surface area contributed by atoms with Crippen molar-refractivity contribution in [2.75, 3.05) is 13.2 Å². The fourth-order valence-electron chi connectivity index (χ4n) is 2.04. The molecular weight excluding hydrogens is 194 g/mol. The summed E-state index contributed by atoms with van der Waals surface area (Å²) in [5, 5.41) is 6.01. The number of carbonyl (C=O) groups is 1. The number of nitrogens with one attached hydrogen (secondary N) is 2. The highest BCUT2D eigenvalue weighted by molar-refractivity contribution is 6.05. The Hall–Kier alpha value is -1.10. The Morgan fingerprint density at radius 3 is 2.93 bits per heavy atom. The van der Waals surface area contributed by atoms with Crippen LogP contribution in [0.1, 0.15) is 19.3 Å². The second-order valence-corrected chi connectivity index (χ2v) is 4.45. The lowest BCUT2D eigenvalue weighted by Crippen LogP contribution is -2.39. The molecule has 1 saturated heterocycles. The van der Waals surface area contributed by atoms with Crippen LogP contribution in [0.25, 0.3) is 0 Å². The zero-order chi connectivity index (χ0) is 10.3. The number of guanidine groups is 1. The van der Waals surface area contributed by atoms with E-state index in [9.17, 15) is 4.79 Å². The second-order valence-electron chi connectivity index (χ2n) is 4.45. The third-order valence-corrected chi connectivity index (χ3v) is 3.11.